The lowest BCUT2D eigenvalue weighted by molar-refractivity contribution is -0.385. The second-order valence-corrected chi connectivity index (χ2v) is 8.74. The van der Waals surface area contributed by atoms with Gasteiger partial charge in [-0.1, -0.05) is 50.1 Å². The maximum atomic E-state index is 12.4. The van der Waals surface area contributed by atoms with E-state index in [0.717, 1.165) is 30.6 Å². The summed E-state index contributed by atoms with van der Waals surface area (Å²) in [5.74, 6) is -0.110. The van der Waals surface area contributed by atoms with Crippen LogP contribution in [-0.2, 0) is 4.79 Å². The molecule has 2 N–H and O–H groups in total. The highest BCUT2D eigenvalue weighted by atomic mass is 16.6. The van der Waals surface area contributed by atoms with Crippen LogP contribution in [0.3, 0.4) is 0 Å². The number of unbranched alkanes of at least 4 members (excludes halogenated alkanes) is 2. The fourth-order valence-corrected chi connectivity index (χ4v) is 4.17. The first-order valence-corrected chi connectivity index (χ1v) is 12.4. The molecule has 0 fully saturated rings. The smallest absolute Gasteiger partial charge is 0.349 e. The van der Waals surface area contributed by atoms with Gasteiger partial charge >= 0.3 is 11.7 Å². The van der Waals surface area contributed by atoms with E-state index in [1.165, 1.54) is 24.3 Å². The molecule has 3 aromatic carbocycles. The number of nitriles is 1. The Labute approximate surface area is 225 Å². The number of nitrogens with zero attached hydrogens (tertiary/aromatic N) is 2. The van der Waals surface area contributed by atoms with Gasteiger partial charge in [-0.3, -0.25) is 10.1 Å². The van der Waals surface area contributed by atoms with E-state index in [1.54, 1.807) is 18.2 Å². The number of hydrogen-bond donors (Lipinski definition) is 1. The maximum absolute atomic E-state index is 12.4. The van der Waals surface area contributed by atoms with Gasteiger partial charge in [0, 0.05) is 17.7 Å². The lowest BCUT2D eigenvalue weighted by Crippen LogP contribution is -2.21. The van der Waals surface area contributed by atoms with E-state index in [9.17, 15) is 20.2 Å². The molecule has 1 aliphatic rings. The van der Waals surface area contributed by atoms with Crippen molar-refractivity contribution in [3.8, 4) is 29.1 Å². The summed E-state index contributed by atoms with van der Waals surface area (Å²) in [7, 11) is 0. The van der Waals surface area contributed by atoms with Gasteiger partial charge in [-0.05, 0) is 36.2 Å². The van der Waals surface area contributed by atoms with E-state index < -0.39 is 23.4 Å². The highest BCUT2D eigenvalue weighted by molar-refractivity contribution is 5.74. The number of nitro benzene ring substituents is 1. The molecule has 0 spiro atoms. The van der Waals surface area contributed by atoms with Crippen molar-refractivity contribution in [1.29, 1.82) is 5.26 Å². The van der Waals surface area contributed by atoms with Crippen molar-refractivity contribution in [2.75, 3.05) is 13.2 Å². The Morgan fingerprint density at radius 1 is 1.08 bits per heavy atom. The molecule has 4 rings (SSSR count). The maximum Gasteiger partial charge on any atom is 0.349 e. The van der Waals surface area contributed by atoms with Crippen molar-refractivity contribution in [1.82, 2.24) is 0 Å². The minimum atomic E-state index is -0.767. The summed E-state index contributed by atoms with van der Waals surface area (Å²) < 4.78 is 22.1. The molecule has 1 heterocycles. The molecule has 0 bridgehead atoms. The summed E-state index contributed by atoms with van der Waals surface area (Å²) in [5.41, 5.74) is 7.59. The minimum absolute atomic E-state index is 0.0434. The summed E-state index contributed by atoms with van der Waals surface area (Å²) >= 11 is 0. The van der Waals surface area contributed by atoms with Gasteiger partial charge in [0.25, 0.3) is 0 Å². The molecule has 0 aliphatic carbocycles. The zero-order valence-electron chi connectivity index (χ0n) is 21.3. The van der Waals surface area contributed by atoms with Gasteiger partial charge in [-0.15, -0.1) is 0 Å². The van der Waals surface area contributed by atoms with Crippen molar-refractivity contribution < 1.29 is 28.7 Å². The number of para-hydroxylation sites is 2. The fourth-order valence-electron chi connectivity index (χ4n) is 4.17. The van der Waals surface area contributed by atoms with Crippen LogP contribution in [-0.4, -0.2) is 24.1 Å². The van der Waals surface area contributed by atoms with Gasteiger partial charge < -0.3 is 24.7 Å². The third-order valence-corrected chi connectivity index (χ3v) is 6.06. The van der Waals surface area contributed by atoms with Crippen molar-refractivity contribution >= 4 is 11.7 Å². The van der Waals surface area contributed by atoms with E-state index in [-0.39, 0.29) is 28.6 Å². The lowest BCUT2D eigenvalue weighted by Gasteiger charge is -2.26. The average Bonchev–Trinajstić information content (AvgIpc) is 2.94. The first-order chi connectivity index (χ1) is 18.9. The van der Waals surface area contributed by atoms with Crippen LogP contribution in [0.25, 0.3) is 0 Å². The van der Waals surface area contributed by atoms with E-state index in [0.29, 0.717) is 17.9 Å². The molecular formula is C29H27N3O7. The molecule has 0 radical (unpaired) electrons. The Hall–Kier alpha value is -5.04. The highest BCUT2D eigenvalue weighted by Crippen LogP contribution is 2.43. The molecule has 0 saturated carbocycles. The molecule has 0 saturated heterocycles. The van der Waals surface area contributed by atoms with Gasteiger partial charge in [-0.2, -0.15) is 5.26 Å². The number of esters is 1. The number of carbonyl (C=O) groups excluding carboxylic acids is 1. The standard InChI is InChI=1S/C29H27N3O7/c1-2-3-6-15-36-20-11-9-19(10-12-20)28-22-14-13-21(16-26(22)39-29(31)23(28)17-30)38-27(33)18-37-25-8-5-4-7-24(25)32(34)35/h4-5,7-14,16,28H,2-3,6,15,18,31H2,1H3. The zero-order valence-corrected chi connectivity index (χ0v) is 21.3. The van der Waals surface area contributed by atoms with Crippen molar-refractivity contribution in [3.05, 3.63) is 99.4 Å². The number of hydrogen-bond acceptors (Lipinski definition) is 9. The van der Waals surface area contributed by atoms with Crippen molar-refractivity contribution in [3.63, 3.8) is 0 Å². The number of rotatable bonds is 11. The highest BCUT2D eigenvalue weighted by Gasteiger charge is 2.31. The number of ether oxygens (including phenoxy) is 4. The summed E-state index contributed by atoms with van der Waals surface area (Å²) in [6.07, 6.45) is 3.20. The molecule has 200 valence electrons. The second kappa shape index (κ2) is 12.5. The van der Waals surface area contributed by atoms with E-state index in [4.69, 9.17) is 24.7 Å². The lowest BCUT2D eigenvalue weighted by atomic mass is 9.83. The van der Waals surface area contributed by atoms with Gasteiger partial charge in [0.15, 0.2) is 12.4 Å². The predicted octanol–water partition coefficient (Wildman–Crippen LogP) is 5.37. The molecular weight excluding hydrogens is 502 g/mol. The molecule has 1 aliphatic heterocycles. The topological polar surface area (TPSA) is 147 Å². The van der Waals surface area contributed by atoms with Gasteiger partial charge in [0.2, 0.25) is 5.88 Å². The summed E-state index contributed by atoms with van der Waals surface area (Å²) in [6.45, 7) is 2.23. The molecule has 1 atom stereocenters. The SMILES string of the molecule is CCCCCOc1ccc(C2C(C#N)=C(N)Oc3cc(OC(=O)COc4ccccc4[N+](=O)[O-])ccc32)cc1. The van der Waals surface area contributed by atoms with Crippen molar-refractivity contribution in [2.45, 2.75) is 32.1 Å². The Balaban J connectivity index is 1.48. The van der Waals surface area contributed by atoms with Crippen LogP contribution in [0.1, 0.15) is 43.2 Å². The van der Waals surface area contributed by atoms with Crippen LogP contribution in [0.2, 0.25) is 0 Å². The Bertz CT molecular complexity index is 1430. The summed E-state index contributed by atoms with van der Waals surface area (Å²) in [4.78, 5) is 22.9. The minimum Gasteiger partial charge on any atom is -0.494 e. The molecule has 1 unspecified atom stereocenters. The third kappa shape index (κ3) is 6.45. The normalized spacial score (nSPS) is 14.0. The van der Waals surface area contributed by atoms with E-state index in [1.807, 2.05) is 24.3 Å². The molecule has 39 heavy (non-hydrogen) atoms. The first kappa shape index (κ1) is 27.0. The quantitative estimate of drug-likeness (QED) is 0.114. The number of fused-ring (bicyclic) bond motifs is 1. The number of allylic oxidation sites excluding steroid dienone is 1. The number of nitro groups is 1. The summed E-state index contributed by atoms with van der Waals surface area (Å²) in [5, 5.41) is 20.9. The molecule has 3 aromatic rings. The van der Waals surface area contributed by atoms with Crippen LogP contribution in [0.4, 0.5) is 5.69 Å². The Morgan fingerprint density at radius 3 is 2.54 bits per heavy atom. The largest absolute Gasteiger partial charge is 0.494 e. The third-order valence-electron chi connectivity index (χ3n) is 6.06. The number of benzene rings is 3. The predicted molar refractivity (Wildman–Crippen MR) is 141 cm³/mol. The van der Waals surface area contributed by atoms with Crippen LogP contribution in [0, 0.1) is 21.4 Å². The summed E-state index contributed by atoms with van der Waals surface area (Å²) in [6, 6.07) is 20.1. The van der Waals surface area contributed by atoms with E-state index in [2.05, 4.69) is 13.0 Å². The van der Waals surface area contributed by atoms with E-state index >= 15 is 0 Å². The average molecular weight is 530 g/mol. The zero-order chi connectivity index (χ0) is 27.8. The number of carbonyl (C=O) groups is 1. The van der Waals surface area contributed by atoms with Gasteiger partial charge in [0.1, 0.15) is 28.9 Å². The molecule has 0 amide bonds. The van der Waals surface area contributed by atoms with Gasteiger partial charge in [0.05, 0.1) is 17.4 Å². The molecule has 10 nitrogen and oxygen atoms in total. The fraction of sp³-hybridized carbons (Fsp3) is 0.241. The number of nitrogens with two attached hydrogens (primary N) is 1. The Kier molecular flexibility index (Phi) is 8.64. The first-order valence-electron chi connectivity index (χ1n) is 12.4. The monoisotopic (exact) mass is 529 g/mol. The molecule has 0 aromatic heterocycles. The van der Waals surface area contributed by atoms with Crippen LogP contribution in [0.5, 0.6) is 23.0 Å². The van der Waals surface area contributed by atoms with Crippen LogP contribution >= 0.6 is 0 Å². The van der Waals surface area contributed by atoms with Crippen molar-refractivity contribution in [2.24, 2.45) is 5.73 Å². The molecule has 10 heteroatoms. The van der Waals surface area contributed by atoms with Crippen LogP contribution < -0.4 is 24.7 Å². The Morgan fingerprint density at radius 2 is 1.82 bits per heavy atom. The van der Waals surface area contributed by atoms with Gasteiger partial charge in [-0.25, -0.2) is 4.79 Å². The second-order valence-electron chi connectivity index (χ2n) is 8.74. The van der Waals surface area contributed by atoms with Crippen LogP contribution in [0.15, 0.2) is 78.2 Å².